The molecular formula is C20H24N2O3. The van der Waals surface area contributed by atoms with Crippen LogP contribution in [0.15, 0.2) is 24.3 Å². The lowest BCUT2D eigenvalue weighted by Crippen LogP contribution is -2.36. The van der Waals surface area contributed by atoms with Crippen molar-refractivity contribution in [1.82, 2.24) is 4.57 Å². The van der Waals surface area contributed by atoms with Gasteiger partial charge in [0.25, 0.3) is 5.91 Å². The summed E-state index contributed by atoms with van der Waals surface area (Å²) in [6, 6.07) is 8.09. The van der Waals surface area contributed by atoms with Gasteiger partial charge in [-0.15, -0.1) is 0 Å². The number of amides is 1. The molecule has 5 heteroatoms. The Morgan fingerprint density at radius 3 is 2.60 bits per heavy atom. The molecule has 132 valence electrons. The minimum absolute atomic E-state index is 0.0569. The highest BCUT2D eigenvalue weighted by Crippen LogP contribution is 2.35. The topological polar surface area (TPSA) is 51.5 Å². The van der Waals surface area contributed by atoms with Crippen molar-refractivity contribution in [3.63, 3.8) is 0 Å². The van der Waals surface area contributed by atoms with Crippen LogP contribution in [0.25, 0.3) is 0 Å². The van der Waals surface area contributed by atoms with Gasteiger partial charge in [0.2, 0.25) is 0 Å². The van der Waals surface area contributed by atoms with E-state index >= 15 is 0 Å². The van der Waals surface area contributed by atoms with Crippen LogP contribution in [-0.2, 0) is 18.2 Å². The van der Waals surface area contributed by atoms with Gasteiger partial charge in [-0.25, -0.2) is 4.79 Å². The molecule has 0 saturated heterocycles. The van der Waals surface area contributed by atoms with Crippen LogP contribution in [0.1, 0.15) is 51.5 Å². The fourth-order valence-electron chi connectivity index (χ4n) is 3.78. The van der Waals surface area contributed by atoms with Gasteiger partial charge >= 0.3 is 5.97 Å². The molecule has 0 N–H and O–H groups in total. The first-order valence-electron chi connectivity index (χ1n) is 8.62. The minimum Gasteiger partial charge on any atom is -0.461 e. The van der Waals surface area contributed by atoms with E-state index in [1.165, 1.54) is 5.56 Å². The summed E-state index contributed by atoms with van der Waals surface area (Å²) >= 11 is 0. The molecule has 0 fully saturated rings. The molecule has 1 aromatic carbocycles. The number of benzene rings is 1. The van der Waals surface area contributed by atoms with Crippen molar-refractivity contribution in [2.75, 3.05) is 11.5 Å². The number of carbonyl (C=O) groups excluding carboxylic acids is 2. The average Bonchev–Trinajstić information content (AvgIpc) is 3.01. The molecule has 0 radical (unpaired) electrons. The molecule has 1 aromatic heterocycles. The third kappa shape index (κ3) is 2.64. The van der Waals surface area contributed by atoms with Gasteiger partial charge in [-0.2, -0.15) is 0 Å². The van der Waals surface area contributed by atoms with Crippen molar-refractivity contribution >= 4 is 17.6 Å². The molecule has 25 heavy (non-hydrogen) atoms. The second-order valence-electron chi connectivity index (χ2n) is 6.57. The number of hydrogen-bond donors (Lipinski definition) is 0. The third-order valence-corrected chi connectivity index (χ3v) is 5.04. The van der Waals surface area contributed by atoms with Crippen LogP contribution in [0.5, 0.6) is 0 Å². The Hall–Kier alpha value is -2.56. The maximum absolute atomic E-state index is 13.4. The summed E-state index contributed by atoms with van der Waals surface area (Å²) in [5.41, 5.74) is 4.64. The van der Waals surface area contributed by atoms with Crippen LogP contribution in [-0.4, -0.2) is 29.1 Å². The average molecular weight is 340 g/mol. The number of aromatic nitrogens is 1. The van der Waals surface area contributed by atoms with E-state index in [0.29, 0.717) is 23.4 Å². The highest BCUT2D eigenvalue weighted by molar-refractivity contribution is 6.11. The molecule has 0 spiro atoms. The molecule has 1 atom stereocenters. The van der Waals surface area contributed by atoms with Gasteiger partial charge in [0.15, 0.2) is 0 Å². The van der Waals surface area contributed by atoms with Crippen molar-refractivity contribution in [1.29, 1.82) is 0 Å². The summed E-state index contributed by atoms with van der Waals surface area (Å²) in [6.07, 6.45) is 0.845. The Morgan fingerprint density at radius 2 is 1.92 bits per heavy atom. The molecule has 1 aliphatic heterocycles. The van der Waals surface area contributed by atoms with E-state index in [0.717, 1.165) is 17.8 Å². The van der Waals surface area contributed by atoms with Crippen molar-refractivity contribution in [3.05, 3.63) is 52.3 Å². The van der Waals surface area contributed by atoms with E-state index < -0.39 is 0 Å². The molecule has 1 amide bonds. The number of anilines is 1. The molecule has 1 aliphatic rings. The van der Waals surface area contributed by atoms with Gasteiger partial charge in [-0.3, -0.25) is 4.79 Å². The molecule has 3 rings (SSSR count). The van der Waals surface area contributed by atoms with Crippen LogP contribution >= 0.6 is 0 Å². The lowest BCUT2D eigenvalue weighted by atomic mass is 10.1. The Morgan fingerprint density at radius 1 is 1.24 bits per heavy atom. The van der Waals surface area contributed by atoms with Gasteiger partial charge in [0.1, 0.15) is 5.69 Å². The summed E-state index contributed by atoms with van der Waals surface area (Å²) in [5.74, 6) is -0.446. The van der Waals surface area contributed by atoms with E-state index in [1.807, 2.05) is 36.9 Å². The fraction of sp³-hybridized carbons (Fsp3) is 0.400. The molecule has 2 heterocycles. The van der Waals surface area contributed by atoms with Crippen LogP contribution in [0.3, 0.4) is 0 Å². The van der Waals surface area contributed by atoms with Gasteiger partial charge < -0.3 is 14.2 Å². The Labute approximate surface area is 148 Å². The number of para-hydroxylation sites is 1. The van der Waals surface area contributed by atoms with Crippen LogP contribution in [0.2, 0.25) is 0 Å². The zero-order valence-electron chi connectivity index (χ0n) is 15.4. The fourth-order valence-corrected chi connectivity index (χ4v) is 3.78. The SMILES string of the molecule is CCOC(=O)c1c(C)c(C(=O)N2c3ccccc3CC2C)c(C)n1C. The van der Waals surface area contributed by atoms with E-state index in [9.17, 15) is 9.59 Å². The Kier molecular flexibility index (Phi) is 4.41. The maximum Gasteiger partial charge on any atom is 0.355 e. The number of fused-ring (bicyclic) bond motifs is 1. The van der Waals surface area contributed by atoms with Crippen LogP contribution < -0.4 is 4.90 Å². The van der Waals surface area contributed by atoms with Gasteiger partial charge in [-0.05, 0) is 51.3 Å². The van der Waals surface area contributed by atoms with Crippen LogP contribution in [0.4, 0.5) is 5.69 Å². The first kappa shape index (κ1) is 17.3. The summed E-state index contributed by atoms with van der Waals surface area (Å²) in [7, 11) is 1.80. The quantitative estimate of drug-likeness (QED) is 0.805. The molecule has 0 saturated carbocycles. The summed E-state index contributed by atoms with van der Waals surface area (Å²) in [6.45, 7) is 7.83. The smallest absolute Gasteiger partial charge is 0.355 e. The maximum atomic E-state index is 13.4. The molecule has 0 aliphatic carbocycles. The second kappa shape index (κ2) is 6.39. The Balaban J connectivity index is 2.07. The van der Waals surface area contributed by atoms with Gasteiger partial charge in [0, 0.05) is 24.5 Å². The first-order chi connectivity index (χ1) is 11.9. The highest BCUT2D eigenvalue weighted by atomic mass is 16.5. The summed E-state index contributed by atoms with van der Waals surface area (Å²) < 4.78 is 6.91. The first-order valence-corrected chi connectivity index (χ1v) is 8.62. The number of hydrogen-bond acceptors (Lipinski definition) is 3. The minimum atomic E-state index is -0.389. The Bertz CT molecular complexity index is 851. The largest absolute Gasteiger partial charge is 0.461 e. The van der Waals surface area contributed by atoms with Crippen LogP contribution in [0, 0.1) is 13.8 Å². The second-order valence-corrected chi connectivity index (χ2v) is 6.57. The summed E-state index contributed by atoms with van der Waals surface area (Å²) in [5, 5.41) is 0. The lowest BCUT2D eigenvalue weighted by molar-refractivity contribution is 0.0514. The van der Waals surface area contributed by atoms with E-state index in [-0.39, 0.29) is 17.9 Å². The zero-order chi connectivity index (χ0) is 18.3. The van der Waals surface area contributed by atoms with E-state index in [4.69, 9.17) is 4.74 Å². The predicted molar refractivity (Wildman–Crippen MR) is 97.3 cm³/mol. The number of rotatable bonds is 3. The number of ether oxygens (including phenoxy) is 1. The normalized spacial score (nSPS) is 16.0. The van der Waals surface area contributed by atoms with Crippen molar-refractivity contribution < 1.29 is 14.3 Å². The summed E-state index contributed by atoms with van der Waals surface area (Å²) in [4.78, 5) is 27.5. The zero-order valence-corrected chi connectivity index (χ0v) is 15.4. The number of carbonyl (C=O) groups is 2. The number of esters is 1. The van der Waals surface area contributed by atoms with Crippen molar-refractivity contribution in [2.45, 2.75) is 40.2 Å². The predicted octanol–water partition coefficient (Wildman–Crippen LogP) is 3.41. The molecule has 1 unspecified atom stereocenters. The van der Waals surface area contributed by atoms with E-state index in [2.05, 4.69) is 13.0 Å². The van der Waals surface area contributed by atoms with Crippen molar-refractivity contribution in [2.24, 2.45) is 7.05 Å². The lowest BCUT2D eigenvalue weighted by Gasteiger charge is -2.23. The number of nitrogens with zero attached hydrogens (tertiary/aromatic N) is 2. The third-order valence-electron chi connectivity index (χ3n) is 5.04. The molecule has 2 aromatic rings. The molecular weight excluding hydrogens is 316 g/mol. The monoisotopic (exact) mass is 340 g/mol. The van der Waals surface area contributed by atoms with Gasteiger partial charge in [0.05, 0.1) is 12.2 Å². The molecule has 0 bridgehead atoms. The highest BCUT2D eigenvalue weighted by Gasteiger charge is 2.35. The van der Waals surface area contributed by atoms with Crippen molar-refractivity contribution in [3.8, 4) is 0 Å². The molecule has 5 nitrogen and oxygen atoms in total. The van der Waals surface area contributed by atoms with E-state index in [1.54, 1.807) is 18.5 Å². The standard InChI is InChI=1S/C20H24N2O3/c1-6-25-20(24)18-13(3)17(14(4)21(18)5)19(23)22-12(2)11-15-9-7-8-10-16(15)22/h7-10,12H,6,11H2,1-5H3. The van der Waals surface area contributed by atoms with Gasteiger partial charge in [-0.1, -0.05) is 18.2 Å².